The highest BCUT2D eigenvalue weighted by molar-refractivity contribution is 5.94. The summed E-state index contributed by atoms with van der Waals surface area (Å²) in [6, 6.07) is 3.48. The fraction of sp³-hybridized carbons (Fsp3) is 0.500. The highest BCUT2D eigenvalue weighted by atomic mass is 16.2. The average molecular weight is 276 g/mol. The summed E-state index contributed by atoms with van der Waals surface area (Å²) >= 11 is 0. The third kappa shape index (κ3) is 3.77. The Morgan fingerprint density at radius 2 is 2.35 bits per heavy atom. The number of amides is 2. The third-order valence-electron chi connectivity index (χ3n) is 3.33. The van der Waals surface area contributed by atoms with E-state index in [1.54, 1.807) is 23.2 Å². The van der Waals surface area contributed by atoms with Crippen molar-refractivity contribution in [1.82, 2.24) is 15.2 Å². The van der Waals surface area contributed by atoms with Crippen LogP contribution >= 0.6 is 0 Å². The minimum absolute atomic E-state index is 0.0216. The van der Waals surface area contributed by atoms with Crippen LogP contribution in [-0.4, -0.2) is 40.8 Å². The molecule has 0 aromatic carbocycles. The lowest BCUT2D eigenvalue weighted by molar-refractivity contribution is -0.119. The van der Waals surface area contributed by atoms with Crippen molar-refractivity contribution in [3.8, 4) is 0 Å². The Hall–Kier alpha value is -1.95. The second kappa shape index (κ2) is 6.47. The highest BCUT2D eigenvalue weighted by Gasteiger charge is 2.22. The molecule has 1 unspecified atom stereocenters. The van der Waals surface area contributed by atoms with Crippen LogP contribution in [0.25, 0.3) is 0 Å². The number of rotatable bonds is 3. The zero-order chi connectivity index (χ0) is 14.5. The predicted molar refractivity (Wildman–Crippen MR) is 74.9 cm³/mol. The quantitative estimate of drug-likeness (QED) is 0.830. The summed E-state index contributed by atoms with van der Waals surface area (Å²) < 4.78 is 0. The van der Waals surface area contributed by atoms with E-state index in [0.29, 0.717) is 24.3 Å². The van der Waals surface area contributed by atoms with Crippen molar-refractivity contribution < 1.29 is 9.59 Å². The van der Waals surface area contributed by atoms with Gasteiger partial charge in [-0.05, 0) is 25.0 Å². The van der Waals surface area contributed by atoms with E-state index in [0.717, 1.165) is 19.4 Å². The van der Waals surface area contributed by atoms with Gasteiger partial charge in [0.2, 0.25) is 5.91 Å². The van der Waals surface area contributed by atoms with Crippen LogP contribution in [-0.2, 0) is 11.3 Å². The van der Waals surface area contributed by atoms with Gasteiger partial charge in [0.1, 0.15) is 0 Å². The molecule has 2 amide bonds. The number of likely N-dealkylation sites (tertiary alicyclic amines) is 1. The Morgan fingerprint density at radius 3 is 3.05 bits per heavy atom. The molecular formula is C14H20N4O2. The minimum atomic E-state index is -0.120. The SMILES string of the molecule is CC(=O)NCc1cc(C(=O)N2CCCC(N)C2)ccn1. The van der Waals surface area contributed by atoms with Crippen molar-refractivity contribution >= 4 is 11.8 Å². The molecule has 0 aliphatic carbocycles. The van der Waals surface area contributed by atoms with Crippen LogP contribution in [0, 0.1) is 0 Å². The van der Waals surface area contributed by atoms with Gasteiger partial charge in [0.05, 0.1) is 12.2 Å². The molecule has 1 aromatic heterocycles. The van der Waals surface area contributed by atoms with Crippen LogP contribution in [0.3, 0.4) is 0 Å². The van der Waals surface area contributed by atoms with Gasteiger partial charge in [-0.3, -0.25) is 14.6 Å². The maximum absolute atomic E-state index is 12.4. The van der Waals surface area contributed by atoms with E-state index in [1.807, 2.05) is 0 Å². The fourth-order valence-electron chi connectivity index (χ4n) is 2.30. The van der Waals surface area contributed by atoms with Gasteiger partial charge in [0, 0.05) is 37.8 Å². The number of piperidine rings is 1. The maximum Gasteiger partial charge on any atom is 0.254 e. The first kappa shape index (κ1) is 14.5. The number of nitrogens with two attached hydrogens (primary N) is 1. The van der Waals surface area contributed by atoms with Crippen molar-refractivity contribution in [3.05, 3.63) is 29.6 Å². The Kier molecular flexibility index (Phi) is 4.68. The molecule has 3 N–H and O–H groups in total. The van der Waals surface area contributed by atoms with Crippen molar-refractivity contribution in [3.63, 3.8) is 0 Å². The van der Waals surface area contributed by atoms with Crippen LogP contribution in [0.4, 0.5) is 0 Å². The van der Waals surface area contributed by atoms with E-state index >= 15 is 0 Å². The molecule has 1 aromatic rings. The van der Waals surface area contributed by atoms with Crippen LogP contribution < -0.4 is 11.1 Å². The summed E-state index contributed by atoms with van der Waals surface area (Å²) in [5.41, 5.74) is 7.16. The lowest BCUT2D eigenvalue weighted by atomic mass is 10.1. The third-order valence-corrected chi connectivity index (χ3v) is 3.33. The Bertz CT molecular complexity index is 504. The summed E-state index contributed by atoms with van der Waals surface area (Å²) in [7, 11) is 0. The number of pyridine rings is 1. The number of aromatic nitrogens is 1. The molecule has 1 aliphatic heterocycles. The van der Waals surface area contributed by atoms with Crippen LogP contribution in [0.5, 0.6) is 0 Å². The van der Waals surface area contributed by atoms with Crippen LogP contribution in [0.15, 0.2) is 18.3 Å². The first-order valence-electron chi connectivity index (χ1n) is 6.80. The van der Waals surface area contributed by atoms with Gasteiger partial charge in [-0.2, -0.15) is 0 Å². The standard InChI is InChI=1S/C14H20N4O2/c1-10(19)17-8-13-7-11(4-5-16-13)14(20)18-6-2-3-12(15)9-18/h4-5,7,12H,2-3,6,8-9,15H2,1H3,(H,17,19). The van der Waals surface area contributed by atoms with Gasteiger partial charge >= 0.3 is 0 Å². The van der Waals surface area contributed by atoms with Crippen molar-refractivity contribution in [2.24, 2.45) is 5.73 Å². The van der Waals surface area contributed by atoms with Crippen LogP contribution in [0.2, 0.25) is 0 Å². The molecule has 0 spiro atoms. The highest BCUT2D eigenvalue weighted by Crippen LogP contribution is 2.13. The minimum Gasteiger partial charge on any atom is -0.351 e. The average Bonchev–Trinajstić information content (AvgIpc) is 2.44. The molecule has 2 heterocycles. The second-order valence-electron chi connectivity index (χ2n) is 5.10. The fourth-order valence-corrected chi connectivity index (χ4v) is 2.30. The molecule has 108 valence electrons. The van der Waals surface area contributed by atoms with Gasteiger partial charge in [-0.1, -0.05) is 0 Å². The molecular weight excluding hydrogens is 256 g/mol. The zero-order valence-corrected chi connectivity index (χ0v) is 11.6. The summed E-state index contributed by atoms with van der Waals surface area (Å²) in [5, 5.41) is 2.67. The first-order valence-corrected chi connectivity index (χ1v) is 6.80. The van der Waals surface area contributed by atoms with Crippen molar-refractivity contribution in [2.45, 2.75) is 32.4 Å². The molecule has 0 saturated carbocycles. The van der Waals surface area contributed by atoms with E-state index in [4.69, 9.17) is 5.73 Å². The Labute approximate surface area is 118 Å². The largest absolute Gasteiger partial charge is 0.351 e. The smallest absolute Gasteiger partial charge is 0.254 e. The lowest BCUT2D eigenvalue weighted by Gasteiger charge is -2.30. The number of nitrogens with one attached hydrogen (secondary N) is 1. The molecule has 0 radical (unpaired) electrons. The van der Waals surface area contributed by atoms with E-state index in [-0.39, 0.29) is 17.9 Å². The molecule has 20 heavy (non-hydrogen) atoms. The van der Waals surface area contributed by atoms with Gasteiger partial charge in [-0.25, -0.2) is 0 Å². The molecule has 1 saturated heterocycles. The first-order chi connectivity index (χ1) is 9.56. The molecule has 0 bridgehead atoms. The monoisotopic (exact) mass is 276 g/mol. The van der Waals surface area contributed by atoms with Crippen molar-refractivity contribution in [1.29, 1.82) is 0 Å². The van der Waals surface area contributed by atoms with E-state index in [9.17, 15) is 9.59 Å². The number of hydrogen-bond acceptors (Lipinski definition) is 4. The predicted octanol–water partition coefficient (Wildman–Crippen LogP) is 0.281. The normalized spacial score (nSPS) is 18.7. The van der Waals surface area contributed by atoms with E-state index < -0.39 is 0 Å². The Balaban J connectivity index is 2.05. The van der Waals surface area contributed by atoms with E-state index in [2.05, 4.69) is 10.3 Å². The maximum atomic E-state index is 12.4. The topological polar surface area (TPSA) is 88.3 Å². The number of hydrogen-bond donors (Lipinski definition) is 2. The second-order valence-corrected chi connectivity index (χ2v) is 5.10. The molecule has 6 nitrogen and oxygen atoms in total. The number of carbonyl (C=O) groups is 2. The molecule has 1 fully saturated rings. The van der Waals surface area contributed by atoms with E-state index in [1.165, 1.54) is 6.92 Å². The molecule has 1 atom stereocenters. The molecule has 6 heteroatoms. The van der Waals surface area contributed by atoms with Gasteiger partial charge < -0.3 is 16.0 Å². The summed E-state index contributed by atoms with van der Waals surface area (Å²) in [4.78, 5) is 29.2. The zero-order valence-electron chi connectivity index (χ0n) is 11.6. The summed E-state index contributed by atoms with van der Waals surface area (Å²) in [6.07, 6.45) is 3.50. The lowest BCUT2D eigenvalue weighted by Crippen LogP contribution is -2.45. The van der Waals surface area contributed by atoms with Gasteiger partial charge in [0.15, 0.2) is 0 Å². The van der Waals surface area contributed by atoms with Crippen molar-refractivity contribution in [2.75, 3.05) is 13.1 Å². The van der Waals surface area contributed by atoms with Crippen LogP contribution in [0.1, 0.15) is 35.8 Å². The number of nitrogens with zero attached hydrogens (tertiary/aromatic N) is 2. The summed E-state index contributed by atoms with van der Waals surface area (Å²) in [5.74, 6) is -0.142. The summed E-state index contributed by atoms with van der Waals surface area (Å²) in [6.45, 7) is 3.12. The molecule has 2 rings (SSSR count). The Morgan fingerprint density at radius 1 is 1.55 bits per heavy atom. The van der Waals surface area contributed by atoms with Gasteiger partial charge in [0.25, 0.3) is 5.91 Å². The van der Waals surface area contributed by atoms with Gasteiger partial charge in [-0.15, -0.1) is 0 Å². The number of carbonyl (C=O) groups excluding carboxylic acids is 2. The molecule has 1 aliphatic rings.